The van der Waals surface area contributed by atoms with Crippen molar-refractivity contribution in [2.75, 3.05) is 32.1 Å². The number of carbonyl (C=O) groups is 2. The third kappa shape index (κ3) is 4.44. The van der Waals surface area contributed by atoms with Gasteiger partial charge in [-0.15, -0.1) is 0 Å². The first kappa shape index (κ1) is 21.4. The number of anilines is 2. The second kappa shape index (κ2) is 9.56. The standard InChI is InChI=1S/C26H27N3O3/c1-19(30)28-16-17-29(24(18-28)22-13-7-9-15-25(22)32-2)26(31)21-12-6-8-14-23(21)27-20-10-4-3-5-11-20/h3-15,24,27H,16-18H2,1-2H3. The largest absolute Gasteiger partial charge is 0.496 e. The molecule has 0 aromatic heterocycles. The van der Waals surface area contributed by atoms with E-state index in [-0.39, 0.29) is 17.9 Å². The Labute approximate surface area is 188 Å². The van der Waals surface area contributed by atoms with Gasteiger partial charge in [-0.1, -0.05) is 48.5 Å². The molecule has 1 aliphatic heterocycles. The number of carbonyl (C=O) groups excluding carboxylic acids is 2. The first-order valence-corrected chi connectivity index (χ1v) is 10.7. The summed E-state index contributed by atoms with van der Waals surface area (Å²) in [6, 6.07) is 24.7. The summed E-state index contributed by atoms with van der Waals surface area (Å²) in [5.74, 6) is 0.627. The lowest BCUT2D eigenvalue weighted by Gasteiger charge is -2.42. The number of hydrogen-bond donors (Lipinski definition) is 1. The number of amides is 2. The number of ether oxygens (including phenoxy) is 1. The van der Waals surface area contributed by atoms with E-state index in [1.807, 2.05) is 83.8 Å². The number of hydrogen-bond acceptors (Lipinski definition) is 4. The molecule has 3 aromatic carbocycles. The van der Waals surface area contributed by atoms with Crippen molar-refractivity contribution >= 4 is 23.2 Å². The van der Waals surface area contributed by atoms with Gasteiger partial charge in [0.25, 0.3) is 5.91 Å². The van der Waals surface area contributed by atoms with Crippen LogP contribution in [0.3, 0.4) is 0 Å². The van der Waals surface area contributed by atoms with Crippen LogP contribution in [0, 0.1) is 0 Å². The Morgan fingerprint density at radius 1 is 0.906 bits per heavy atom. The normalized spacial score (nSPS) is 15.9. The summed E-state index contributed by atoms with van der Waals surface area (Å²) in [6.07, 6.45) is 0. The molecule has 1 N–H and O–H groups in total. The topological polar surface area (TPSA) is 61.9 Å². The third-order valence-electron chi connectivity index (χ3n) is 5.79. The smallest absolute Gasteiger partial charge is 0.256 e. The highest BCUT2D eigenvalue weighted by atomic mass is 16.5. The highest BCUT2D eigenvalue weighted by Gasteiger charge is 2.35. The van der Waals surface area contributed by atoms with Gasteiger partial charge in [-0.2, -0.15) is 0 Å². The number of nitrogens with one attached hydrogen (secondary N) is 1. The minimum absolute atomic E-state index is 0.00291. The quantitative estimate of drug-likeness (QED) is 0.649. The molecule has 0 spiro atoms. The Morgan fingerprint density at radius 3 is 2.34 bits per heavy atom. The molecule has 3 aromatic rings. The summed E-state index contributed by atoms with van der Waals surface area (Å²) >= 11 is 0. The van der Waals surface area contributed by atoms with Gasteiger partial charge >= 0.3 is 0 Å². The summed E-state index contributed by atoms with van der Waals surface area (Å²) in [6.45, 7) is 2.94. The fourth-order valence-corrected chi connectivity index (χ4v) is 4.13. The van der Waals surface area contributed by atoms with Gasteiger partial charge in [-0.25, -0.2) is 0 Å². The van der Waals surface area contributed by atoms with Gasteiger partial charge in [0.05, 0.1) is 24.4 Å². The summed E-state index contributed by atoms with van der Waals surface area (Å²) in [4.78, 5) is 29.6. The highest BCUT2D eigenvalue weighted by Crippen LogP contribution is 2.34. The average Bonchev–Trinajstić information content (AvgIpc) is 2.84. The van der Waals surface area contributed by atoms with Crippen LogP contribution in [0.1, 0.15) is 28.9 Å². The maximum absolute atomic E-state index is 13.8. The van der Waals surface area contributed by atoms with E-state index >= 15 is 0 Å². The summed E-state index contributed by atoms with van der Waals surface area (Å²) < 4.78 is 5.58. The molecule has 0 aliphatic carbocycles. The fraction of sp³-hybridized carbons (Fsp3) is 0.231. The van der Waals surface area contributed by atoms with Gasteiger partial charge < -0.3 is 19.9 Å². The minimum Gasteiger partial charge on any atom is -0.496 e. The van der Waals surface area contributed by atoms with E-state index in [0.29, 0.717) is 30.9 Å². The first-order valence-electron chi connectivity index (χ1n) is 10.7. The number of rotatable bonds is 5. The van der Waals surface area contributed by atoms with E-state index in [1.165, 1.54) is 0 Å². The van der Waals surface area contributed by atoms with Crippen LogP contribution in [0.15, 0.2) is 78.9 Å². The van der Waals surface area contributed by atoms with Crippen LogP contribution in [-0.4, -0.2) is 48.4 Å². The van der Waals surface area contributed by atoms with E-state index in [4.69, 9.17) is 4.74 Å². The summed E-state index contributed by atoms with van der Waals surface area (Å²) in [7, 11) is 1.62. The van der Waals surface area contributed by atoms with E-state index in [2.05, 4.69) is 5.32 Å². The van der Waals surface area contributed by atoms with E-state index in [1.54, 1.807) is 18.9 Å². The molecule has 2 amide bonds. The van der Waals surface area contributed by atoms with Crippen LogP contribution in [0.2, 0.25) is 0 Å². The molecule has 164 valence electrons. The van der Waals surface area contributed by atoms with Crippen molar-refractivity contribution in [3.05, 3.63) is 90.0 Å². The minimum atomic E-state index is -0.305. The molecule has 6 heteroatoms. The van der Waals surface area contributed by atoms with Gasteiger partial charge in [0.1, 0.15) is 5.75 Å². The van der Waals surface area contributed by atoms with Crippen molar-refractivity contribution in [2.24, 2.45) is 0 Å². The van der Waals surface area contributed by atoms with Crippen LogP contribution in [0.25, 0.3) is 0 Å². The SMILES string of the molecule is COc1ccccc1C1CN(C(C)=O)CCN1C(=O)c1ccccc1Nc1ccccc1. The van der Waals surface area contributed by atoms with Crippen molar-refractivity contribution < 1.29 is 14.3 Å². The monoisotopic (exact) mass is 429 g/mol. The van der Waals surface area contributed by atoms with Gasteiger partial charge in [-0.3, -0.25) is 9.59 Å². The highest BCUT2D eigenvalue weighted by molar-refractivity contribution is 6.00. The molecule has 6 nitrogen and oxygen atoms in total. The molecule has 4 rings (SSSR count). The Bertz CT molecular complexity index is 1100. The lowest BCUT2D eigenvalue weighted by molar-refractivity contribution is -0.131. The maximum atomic E-state index is 13.8. The second-order valence-electron chi connectivity index (χ2n) is 7.76. The van der Waals surface area contributed by atoms with Crippen molar-refractivity contribution in [3.63, 3.8) is 0 Å². The van der Waals surface area contributed by atoms with Crippen LogP contribution in [-0.2, 0) is 4.79 Å². The van der Waals surface area contributed by atoms with Crippen LogP contribution in [0.5, 0.6) is 5.75 Å². The average molecular weight is 430 g/mol. The number of nitrogens with zero attached hydrogens (tertiary/aromatic N) is 2. The summed E-state index contributed by atoms with van der Waals surface area (Å²) in [5.41, 5.74) is 3.14. The Kier molecular flexibility index (Phi) is 6.40. The Balaban J connectivity index is 1.69. The molecule has 1 atom stereocenters. The van der Waals surface area contributed by atoms with Crippen LogP contribution >= 0.6 is 0 Å². The number of piperazine rings is 1. The van der Waals surface area contributed by atoms with Crippen LogP contribution < -0.4 is 10.1 Å². The lowest BCUT2D eigenvalue weighted by atomic mass is 9.99. The summed E-state index contributed by atoms with van der Waals surface area (Å²) in [5, 5.41) is 3.36. The predicted molar refractivity (Wildman–Crippen MR) is 125 cm³/mol. The zero-order valence-corrected chi connectivity index (χ0v) is 18.3. The molecule has 32 heavy (non-hydrogen) atoms. The van der Waals surface area contributed by atoms with E-state index in [9.17, 15) is 9.59 Å². The predicted octanol–water partition coefficient (Wildman–Crippen LogP) is 4.48. The first-order chi connectivity index (χ1) is 15.6. The molecule has 1 saturated heterocycles. The van der Waals surface area contributed by atoms with Crippen molar-refractivity contribution in [2.45, 2.75) is 13.0 Å². The molecule has 0 bridgehead atoms. The zero-order valence-electron chi connectivity index (χ0n) is 18.3. The maximum Gasteiger partial charge on any atom is 0.256 e. The van der Waals surface area contributed by atoms with Gasteiger partial charge in [-0.05, 0) is 30.3 Å². The molecular formula is C26H27N3O3. The molecule has 1 aliphatic rings. The molecule has 1 unspecified atom stereocenters. The number of methoxy groups -OCH3 is 1. The zero-order chi connectivity index (χ0) is 22.5. The van der Waals surface area contributed by atoms with E-state index in [0.717, 1.165) is 16.9 Å². The van der Waals surface area contributed by atoms with Crippen LogP contribution in [0.4, 0.5) is 11.4 Å². The lowest BCUT2D eigenvalue weighted by Crippen LogP contribution is -2.52. The van der Waals surface area contributed by atoms with Crippen molar-refractivity contribution in [1.82, 2.24) is 9.80 Å². The third-order valence-corrected chi connectivity index (χ3v) is 5.79. The van der Waals surface area contributed by atoms with Gasteiger partial charge in [0.15, 0.2) is 0 Å². The molecule has 1 heterocycles. The second-order valence-corrected chi connectivity index (χ2v) is 7.76. The van der Waals surface area contributed by atoms with E-state index < -0.39 is 0 Å². The number of para-hydroxylation sites is 3. The van der Waals surface area contributed by atoms with Crippen molar-refractivity contribution in [3.8, 4) is 5.75 Å². The van der Waals surface area contributed by atoms with Crippen molar-refractivity contribution in [1.29, 1.82) is 0 Å². The van der Waals surface area contributed by atoms with Gasteiger partial charge in [0.2, 0.25) is 5.91 Å². The molecule has 0 saturated carbocycles. The fourth-order valence-electron chi connectivity index (χ4n) is 4.13. The molecule has 0 radical (unpaired) electrons. The molecular weight excluding hydrogens is 402 g/mol. The van der Waals surface area contributed by atoms with Gasteiger partial charge in [0, 0.05) is 37.8 Å². The number of benzene rings is 3. The Hall–Kier alpha value is -3.80. The Morgan fingerprint density at radius 2 is 1.59 bits per heavy atom. The molecule has 1 fully saturated rings.